The van der Waals surface area contributed by atoms with Crippen LogP contribution in [-0.2, 0) is 11.2 Å². The smallest absolute Gasteiger partial charge is 0.232 e. The summed E-state index contributed by atoms with van der Waals surface area (Å²) in [6.07, 6.45) is 2.08. The Kier molecular flexibility index (Phi) is 4.55. The third-order valence-corrected chi connectivity index (χ3v) is 3.74. The van der Waals surface area contributed by atoms with Crippen LogP contribution in [0.1, 0.15) is 16.7 Å². The van der Waals surface area contributed by atoms with Gasteiger partial charge in [-0.3, -0.25) is 9.69 Å². The quantitative estimate of drug-likeness (QED) is 0.859. The van der Waals surface area contributed by atoms with Gasteiger partial charge in [-0.2, -0.15) is 0 Å². The maximum atomic E-state index is 12.3. The molecule has 0 aliphatic heterocycles. The van der Waals surface area contributed by atoms with E-state index in [2.05, 4.69) is 33.9 Å². The number of aryl methyl sites for hydroxylation is 2. The van der Waals surface area contributed by atoms with E-state index in [9.17, 15) is 4.79 Å². The number of nitrogens with zero attached hydrogens (tertiary/aromatic N) is 2. The number of carbonyl (C=O) groups excluding carboxylic acids is 1. The number of halogens is 1. The van der Waals surface area contributed by atoms with Crippen LogP contribution >= 0.6 is 15.9 Å². The third kappa shape index (κ3) is 3.45. The Bertz CT molecular complexity index is 623. The molecule has 0 saturated heterocycles. The molecule has 2 rings (SSSR count). The normalized spacial score (nSPS) is 10.4. The van der Waals surface area contributed by atoms with E-state index in [1.54, 1.807) is 18.1 Å². The van der Waals surface area contributed by atoms with Crippen molar-refractivity contribution in [3.63, 3.8) is 0 Å². The van der Waals surface area contributed by atoms with Crippen molar-refractivity contribution in [3.05, 3.63) is 57.7 Å². The van der Waals surface area contributed by atoms with E-state index in [0.717, 1.165) is 15.6 Å². The fourth-order valence-electron chi connectivity index (χ4n) is 2.02. The van der Waals surface area contributed by atoms with Crippen molar-refractivity contribution >= 4 is 27.7 Å². The van der Waals surface area contributed by atoms with Gasteiger partial charge in [-0.15, -0.1) is 0 Å². The number of hydrogen-bond donors (Lipinski definition) is 0. The molecule has 0 spiro atoms. The monoisotopic (exact) mass is 332 g/mol. The largest absolute Gasteiger partial charge is 0.300 e. The molecule has 20 heavy (non-hydrogen) atoms. The molecule has 1 heterocycles. The van der Waals surface area contributed by atoms with Crippen molar-refractivity contribution in [2.45, 2.75) is 20.3 Å². The van der Waals surface area contributed by atoms with Gasteiger partial charge in [0.25, 0.3) is 0 Å². The molecule has 2 aromatic rings. The summed E-state index contributed by atoms with van der Waals surface area (Å²) in [6, 6.07) is 9.85. The van der Waals surface area contributed by atoms with Gasteiger partial charge in [0.15, 0.2) is 0 Å². The summed E-state index contributed by atoms with van der Waals surface area (Å²) >= 11 is 3.34. The number of amides is 1. The highest BCUT2D eigenvalue weighted by atomic mass is 79.9. The van der Waals surface area contributed by atoms with Crippen molar-refractivity contribution < 1.29 is 4.79 Å². The van der Waals surface area contributed by atoms with Crippen LogP contribution < -0.4 is 4.90 Å². The molecule has 1 aromatic heterocycles. The maximum Gasteiger partial charge on any atom is 0.232 e. The van der Waals surface area contributed by atoms with Crippen LogP contribution in [0.15, 0.2) is 41.0 Å². The Morgan fingerprint density at radius 3 is 2.60 bits per heavy atom. The lowest BCUT2D eigenvalue weighted by Crippen LogP contribution is -2.28. The predicted octanol–water partition coefficient (Wildman–Crippen LogP) is 3.67. The number of likely N-dealkylation sites (N-methyl/N-ethyl adjacent to an activating group) is 1. The number of pyridine rings is 1. The average molecular weight is 333 g/mol. The zero-order valence-corrected chi connectivity index (χ0v) is 13.4. The first kappa shape index (κ1) is 14.7. The molecule has 0 radical (unpaired) electrons. The Morgan fingerprint density at radius 1 is 1.25 bits per heavy atom. The van der Waals surface area contributed by atoms with E-state index >= 15 is 0 Å². The molecular formula is C16H17BrN2O. The van der Waals surface area contributed by atoms with E-state index in [-0.39, 0.29) is 5.91 Å². The summed E-state index contributed by atoms with van der Waals surface area (Å²) in [7, 11) is 1.75. The molecule has 0 aliphatic carbocycles. The highest BCUT2D eigenvalue weighted by Crippen LogP contribution is 2.16. The predicted molar refractivity (Wildman–Crippen MR) is 85.0 cm³/mol. The molecule has 1 amide bonds. The zero-order valence-electron chi connectivity index (χ0n) is 11.9. The lowest BCUT2D eigenvalue weighted by molar-refractivity contribution is -0.117. The number of anilines is 1. The first-order valence-corrected chi connectivity index (χ1v) is 7.21. The molecule has 4 heteroatoms. The molecule has 0 atom stereocenters. The summed E-state index contributed by atoms with van der Waals surface area (Å²) in [6.45, 7) is 4.09. The fraction of sp³-hybridized carbons (Fsp3) is 0.250. The lowest BCUT2D eigenvalue weighted by atomic mass is 10.0. The number of rotatable bonds is 3. The van der Waals surface area contributed by atoms with Gasteiger partial charge in [-0.05, 0) is 53.0 Å². The van der Waals surface area contributed by atoms with Gasteiger partial charge in [0.05, 0.1) is 6.42 Å². The maximum absolute atomic E-state index is 12.3. The van der Waals surface area contributed by atoms with E-state index in [4.69, 9.17) is 0 Å². The average Bonchev–Trinajstić information content (AvgIpc) is 2.42. The summed E-state index contributed by atoms with van der Waals surface area (Å²) in [5.41, 5.74) is 3.42. The minimum absolute atomic E-state index is 0.0341. The molecular weight excluding hydrogens is 316 g/mol. The summed E-state index contributed by atoms with van der Waals surface area (Å²) < 4.78 is 0.900. The van der Waals surface area contributed by atoms with Gasteiger partial charge in [-0.1, -0.05) is 23.8 Å². The standard InChI is InChI=1S/C16H17BrN2O/c1-11-4-5-13(12(2)8-11)9-16(20)19(3)15-7-6-14(17)10-18-15/h4-8,10H,9H2,1-3H3. The molecule has 0 saturated carbocycles. The van der Waals surface area contributed by atoms with Crippen LogP contribution in [0.5, 0.6) is 0 Å². The second-order valence-corrected chi connectivity index (χ2v) is 5.81. The minimum atomic E-state index is 0.0341. The van der Waals surface area contributed by atoms with Crippen LogP contribution in [0.4, 0.5) is 5.82 Å². The number of hydrogen-bond acceptors (Lipinski definition) is 2. The number of aromatic nitrogens is 1. The Labute approximate surface area is 127 Å². The Morgan fingerprint density at radius 2 is 2.00 bits per heavy atom. The molecule has 0 bridgehead atoms. The molecule has 0 unspecified atom stereocenters. The highest BCUT2D eigenvalue weighted by Gasteiger charge is 2.13. The summed E-state index contributed by atoms with van der Waals surface area (Å²) in [5, 5.41) is 0. The highest BCUT2D eigenvalue weighted by molar-refractivity contribution is 9.10. The Hall–Kier alpha value is -1.68. The van der Waals surface area contributed by atoms with Crippen LogP contribution in [-0.4, -0.2) is 17.9 Å². The SMILES string of the molecule is Cc1ccc(CC(=O)N(C)c2ccc(Br)cn2)c(C)c1. The number of benzene rings is 1. The fourth-order valence-corrected chi connectivity index (χ4v) is 2.25. The van der Waals surface area contributed by atoms with E-state index in [1.165, 1.54) is 5.56 Å². The molecule has 3 nitrogen and oxygen atoms in total. The topological polar surface area (TPSA) is 33.2 Å². The van der Waals surface area contributed by atoms with E-state index in [1.807, 2.05) is 31.2 Å². The van der Waals surface area contributed by atoms with Gasteiger partial charge in [0, 0.05) is 17.7 Å². The van der Waals surface area contributed by atoms with Crippen molar-refractivity contribution in [3.8, 4) is 0 Å². The second-order valence-electron chi connectivity index (χ2n) is 4.89. The van der Waals surface area contributed by atoms with Crippen LogP contribution in [0.3, 0.4) is 0 Å². The van der Waals surface area contributed by atoms with E-state index < -0.39 is 0 Å². The van der Waals surface area contributed by atoms with Crippen molar-refractivity contribution in [1.29, 1.82) is 0 Å². The van der Waals surface area contributed by atoms with Crippen LogP contribution in [0.25, 0.3) is 0 Å². The lowest BCUT2D eigenvalue weighted by Gasteiger charge is -2.17. The second kappa shape index (κ2) is 6.18. The molecule has 1 aromatic carbocycles. The molecule has 0 N–H and O–H groups in total. The molecule has 104 valence electrons. The molecule has 0 fully saturated rings. The van der Waals surface area contributed by atoms with Gasteiger partial charge in [0.1, 0.15) is 5.82 Å². The first-order chi connectivity index (χ1) is 9.47. The van der Waals surface area contributed by atoms with Gasteiger partial charge < -0.3 is 0 Å². The minimum Gasteiger partial charge on any atom is -0.300 e. The van der Waals surface area contributed by atoms with Crippen molar-refractivity contribution in [2.75, 3.05) is 11.9 Å². The third-order valence-electron chi connectivity index (χ3n) is 3.27. The van der Waals surface area contributed by atoms with Crippen LogP contribution in [0.2, 0.25) is 0 Å². The van der Waals surface area contributed by atoms with Gasteiger partial charge >= 0.3 is 0 Å². The Balaban J connectivity index is 2.13. The number of carbonyl (C=O) groups is 1. The molecule has 0 aliphatic rings. The summed E-state index contributed by atoms with van der Waals surface area (Å²) in [5.74, 6) is 0.690. The van der Waals surface area contributed by atoms with Crippen molar-refractivity contribution in [2.24, 2.45) is 0 Å². The van der Waals surface area contributed by atoms with Gasteiger partial charge in [0.2, 0.25) is 5.91 Å². The van der Waals surface area contributed by atoms with Crippen LogP contribution in [0, 0.1) is 13.8 Å². The van der Waals surface area contributed by atoms with Gasteiger partial charge in [-0.25, -0.2) is 4.98 Å². The first-order valence-electron chi connectivity index (χ1n) is 6.41. The summed E-state index contributed by atoms with van der Waals surface area (Å²) in [4.78, 5) is 18.1. The van der Waals surface area contributed by atoms with E-state index in [0.29, 0.717) is 12.2 Å². The zero-order chi connectivity index (χ0) is 14.7. The van der Waals surface area contributed by atoms with Crippen molar-refractivity contribution in [1.82, 2.24) is 4.98 Å².